The van der Waals surface area contributed by atoms with Crippen molar-refractivity contribution < 1.29 is 14.3 Å². The Bertz CT molecular complexity index is 968. The van der Waals surface area contributed by atoms with Crippen molar-refractivity contribution >= 4 is 17.6 Å². The van der Waals surface area contributed by atoms with Gasteiger partial charge in [-0.05, 0) is 50.5 Å². The van der Waals surface area contributed by atoms with Crippen LogP contribution in [-0.2, 0) is 9.59 Å². The predicted octanol–water partition coefficient (Wildman–Crippen LogP) is 2.84. The standard InChI is InChI=1S/C25H33N5O3/c1-4-18(2)30(25(32)19-8-9-19)17-24(31)29-14-12-28(13-15-29)23-11-10-22(26-27-23)20-6-5-7-21(16-20)33-3/h5-7,10-11,16,18-19H,4,8-9,12-15,17H2,1-3H3/t18-/m0/s1. The predicted molar refractivity (Wildman–Crippen MR) is 127 cm³/mol. The maximum absolute atomic E-state index is 12.9. The summed E-state index contributed by atoms with van der Waals surface area (Å²) < 4.78 is 5.29. The Morgan fingerprint density at radius 2 is 1.88 bits per heavy atom. The van der Waals surface area contributed by atoms with Gasteiger partial charge in [-0.3, -0.25) is 9.59 Å². The lowest BCUT2D eigenvalue weighted by Gasteiger charge is -2.37. The molecule has 2 amide bonds. The molecule has 0 radical (unpaired) electrons. The number of amides is 2. The zero-order valence-electron chi connectivity index (χ0n) is 19.7. The topological polar surface area (TPSA) is 78.9 Å². The van der Waals surface area contributed by atoms with Gasteiger partial charge in [-0.2, -0.15) is 0 Å². The Balaban J connectivity index is 1.33. The molecule has 1 aliphatic carbocycles. The third-order valence-electron chi connectivity index (χ3n) is 6.61. The van der Waals surface area contributed by atoms with Crippen LogP contribution in [0.3, 0.4) is 0 Å². The molecule has 1 saturated heterocycles. The summed E-state index contributed by atoms with van der Waals surface area (Å²) >= 11 is 0. The summed E-state index contributed by atoms with van der Waals surface area (Å²) in [5, 5.41) is 8.81. The van der Waals surface area contributed by atoms with Gasteiger partial charge in [0.2, 0.25) is 11.8 Å². The summed E-state index contributed by atoms with van der Waals surface area (Å²) in [6, 6.07) is 11.8. The average molecular weight is 452 g/mol. The number of anilines is 1. The molecule has 0 bridgehead atoms. The molecular weight excluding hydrogens is 418 g/mol. The molecule has 2 fully saturated rings. The van der Waals surface area contributed by atoms with Crippen molar-refractivity contribution in [3.05, 3.63) is 36.4 Å². The van der Waals surface area contributed by atoms with Crippen molar-refractivity contribution in [2.45, 2.75) is 39.2 Å². The molecular formula is C25H33N5O3. The van der Waals surface area contributed by atoms with Crippen LogP contribution in [0.2, 0.25) is 0 Å². The highest BCUT2D eigenvalue weighted by Crippen LogP contribution is 2.32. The molecule has 0 unspecified atom stereocenters. The number of hydrogen-bond acceptors (Lipinski definition) is 6. The number of carbonyl (C=O) groups is 2. The smallest absolute Gasteiger partial charge is 0.242 e. The molecule has 8 nitrogen and oxygen atoms in total. The second kappa shape index (κ2) is 10.2. The largest absolute Gasteiger partial charge is 0.497 e. The monoisotopic (exact) mass is 451 g/mol. The van der Waals surface area contributed by atoms with Crippen LogP contribution in [-0.4, -0.2) is 77.7 Å². The maximum atomic E-state index is 12.9. The number of aromatic nitrogens is 2. The van der Waals surface area contributed by atoms with Crippen molar-refractivity contribution in [2.75, 3.05) is 44.7 Å². The van der Waals surface area contributed by atoms with Gasteiger partial charge in [-0.15, -0.1) is 10.2 Å². The van der Waals surface area contributed by atoms with Gasteiger partial charge < -0.3 is 19.4 Å². The Morgan fingerprint density at radius 1 is 1.12 bits per heavy atom. The van der Waals surface area contributed by atoms with Crippen molar-refractivity contribution in [1.82, 2.24) is 20.0 Å². The highest BCUT2D eigenvalue weighted by atomic mass is 16.5. The fraction of sp³-hybridized carbons (Fsp3) is 0.520. The highest BCUT2D eigenvalue weighted by Gasteiger charge is 2.36. The van der Waals surface area contributed by atoms with Gasteiger partial charge in [0.05, 0.1) is 19.3 Å². The number of ether oxygens (including phenoxy) is 1. The molecule has 2 aliphatic rings. The second-order valence-electron chi connectivity index (χ2n) is 8.87. The number of hydrogen-bond donors (Lipinski definition) is 0. The Kier molecular flexibility index (Phi) is 7.11. The Hall–Kier alpha value is -3.16. The fourth-order valence-electron chi connectivity index (χ4n) is 4.10. The van der Waals surface area contributed by atoms with Crippen molar-refractivity contribution in [2.24, 2.45) is 5.92 Å². The van der Waals surface area contributed by atoms with E-state index in [-0.39, 0.29) is 30.3 Å². The Morgan fingerprint density at radius 3 is 2.48 bits per heavy atom. The number of benzene rings is 1. The van der Waals surface area contributed by atoms with E-state index in [1.54, 1.807) is 12.0 Å². The van der Waals surface area contributed by atoms with Gasteiger partial charge in [-0.25, -0.2) is 0 Å². The molecule has 0 spiro atoms. The zero-order valence-corrected chi connectivity index (χ0v) is 19.7. The minimum absolute atomic E-state index is 0.0309. The third kappa shape index (κ3) is 5.43. The first-order chi connectivity index (χ1) is 16.0. The SMILES string of the molecule is CC[C@H](C)N(CC(=O)N1CCN(c2ccc(-c3cccc(OC)c3)nn2)CC1)C(=O)C1CC1. The van der Waals surface area contributed by atoms with E-state index in [2.05, 4.69) is 22.0 Å². The number of methoxy groups -OCH3 is 1. The first kappa shape index (κ1) is 23.0. The van der Waals surface area contributed by atoms with E-state index in [0.717, 1.165) is 42.1 Å². The van der Waals surface area contributed by atoms with E-state index in [0.29, 0.717) is 26.2 Å². The third-order valence-corrected chi connectivity index (χ3v) is 6.61. The molecule has 2 aromatic rings. The first-order valence-corrected chi connectivity index (χ1v) is 11.8. The van der Waals surface area contributed by atoms with Crippen LogP contribution in [0.15, 0.2) is 36.4 Å². The summed E-state index contributed by atoms with van der Waals surface area (Å²) in [6.07, 6.45) is 2.76. The molecule has 1 aromatic heterocycles. The molecule has 2 heterocycles. The molecule has 176 valence electrons. The fourth-order valence-corrected chi connectivity index (χ4v) is 4.10. The highest BCUT2D eigenvalue weighted by molar-refractivity contribution is 5.87. The van der Waals surface area contributed by atoms with Crippen LogP contribution in [0.25, 0.3) is 11.3 Å². The lowest BCUT2D eigenvalue weighted by molar-refractivity contribution is -0.143. The van der Waals surface area contributed by atoms with Crippen molar-refractivity contribution in [1.29, 1.82) is 0 Å². The summed E-state index contributed by atoms with van der Waals surface area (Å²) in [5.74, 6) is 1.89. The minimum Gasteiger partial charge on any atom is -0.497 e. The average Bonchev–Trinajstić information content (AvgIpc) is 3.72. The van der Waals surface area contributed by atoms with Crippen LogP contribution >= 0.6 is 0 Å². The lowest BCUT2D eigenvalue weighted by atomic mass is 10.1. The molecule has 0 N–H and O–H groups in total. The van der Waals surface area contributed by atoms with E-state index < -0.39 is 0 Å². The molecule has 1 saturated carbocycles. The van der Waals surface area contributed by atoms with Crippen LogP contribution in [0.5, 0.6) is 5.75 Å². The number of carbonyl (C=O) groups excluding carboxylic acids is 2. The maximum Gasteiger partial charge on any atom is 0.242 e. The molecule has 1 aromatic carbocycles. The van der Waals surface area contributed by atoms with E-state index in [1.807, 2.05) is 48.2 Å². The zero-order chi connectivity index (χ0) is 23.4. The summed E-state index contributed by atoms with van der Waals surface area (Å²) in [6.45, 7) is 6.88. The second-order valence-corrected chi connectivity index (χ2v) is 8.87. The van der Waals surface area contributed by atoms with Gasteiger partial charge in [0.15, 0.2) is 5.82 Å². The molecule has 1 atom stereocenters. The number of piperazine rings is 1. The summed E-state index contributed by atoms with van der Waals surface area (Å²) in [4.78, 5) is 31.4. The molecule has 33 heavy (non-hydrogen) atoms. The van der Waals surface area contributed by atoms with E-state index >= 15 is 0 Å². The van der Waals surface area contributed by atoms with Crippen LogP contribution in [0.4, 0.5) is 5.82 Å². The van der Waals surface area contributed by atoms with Crippen LogP contribution in [0, 0.1) is 5.92 Å². The number of nitrogens with zero attached hydrogens (tertiary/aromatic N) is 5. The number of rotatable bonds is 8. The molecule has 8 heteroatoms. The molecule has 1 aliphatic heterocycles. The van der Waals surface area contributed by atoms with E-state index in [4.69, 9.17) is 4.74 Å². The summed E-state index contributed by atoms with van der Waals surface area (Å²) in [5.41, 5.74) is 1.74. The van der Waals surface area contributed by atoms with Gasteiger partial charge in [0.1, 0.15) is 5.75 Å². The quantitative estimate of drug-likeness (QED) is 0.614. The van der Waals surface area contributed by atoms with Gasteiger partial charge in [0.25, 0.3) is 0 Å². The van der Waals surface area contributed by atoms with E-state index in [1.165, 1.54) is 0 Å². The first-order valence-electron chi connectivity index (χ1n) is 11.8. The normalized spacial score (nSPS) is 16.9. The van der Waals surface area contributed by atoms with Crippen molar-refractivity contribution in [3.8, 4) is 17.0 Å². The van der Waals surface area contributed by atoms with Crippen LogP contribution < -0.4 is 9.64 Å². The van der Waals surface area contributed by atoms with Crippen LogP contribution in [0.1, 0.15) is 33.1 Å². The lowest BCUT2D eigenvalue weighted by Crippen LogP contribution is -2.53. The van der Waals surface area contributed by atoms with Gasteiger partial charge in [0, 0.05) is 43.7 Å². The van der Waals surface area contributed by atoms with E-state index in [9.17, 15) is 9.59 Å². The summed E-state index contributed by atoms with van der Waals surface area (Å²) in [7, 11) is 1.64. The Labute approximate surface area is 195 Å². The minimum atomic E-state index is 0.0309. The molecule has 4 rings (SSSR count). The van der Waals surface area contributed by atoms with Crippen molar-refractivity contribution in [3.63, 3.8) is 0 Å². The van der Waals surface area contributed by atoms with Gasteiger partial charge in [-0.1, -0.05) is 19.1 Å². The van der Waals surface area contributed by atoms with Gasteiger partial charge >= 0.3 is 0 Å².